The van der Waals surface area contributed by atoms with Crippen LogP contribution in [0.1, 0.15) is 12.5 Å². The molecule has 0 amide bonds. The molecule has 0 radical (unpaired) electrons. The number of benzene rings is 1. The summed E-state index contributed by atoms with van der Waals surface area (Å²) in [7, 11) is 0. The van der Waals surface area contributed by atoms with E-state index in [1.165, 1.54) is 19.1 Å². The maximum atomic E-state index is 11.0. The van der Waals surface area contributed by atoms with Crippen LogP contribution in [0, 0.1) is 0 Å². The summed E-state index contributed by atoms with van der Waals surface area (Å²) in [5.74, 6) is 0.255. The van der Waals surface area contributed by atoms with Crippen molar-refractivity contribution in [2.75, 3.05) is 6.61 Å². The zero-order chi connectivity index (χ0) is 14.3. The molecule has 0 fully saturated rings. The molecule has 0 N–H and O–H groups in total. The van der Waals surface area contributed by atoms with E-state index in [4.69, 9.17) is 21.1 Å². The standard InChI is InChI=1S/C14H13ClO4/c1-3-8-18-13-9-11(5-7-14(15)17)4-6-12(13)19-10(2)16/h3-7,9H,1,8H2,2H3. The van der Waals surface area contributed by atoms with Crippen LogP contribution in [0.2, 0.25) is 0 Å². The lowest BCUT2D eigenvalue weighted by molar-refractivity contribution is -0.132. The van der Waals surface area contributed by atoms with Crippen molar-refractivity contribution in [3.63, 3.8) is 0 Å². The second kappa shape index (κ2) is 7.38. The van der Waals surface area contributed by atoms with Gasteiger partial charge >= 0.3 is 5.97 Å². The van der Waals surface area contributed by atoms with Crippen LogP contribution in [0.4, 0.5) is 0 Å². The third-order valence-corrected chi connectivity index (χ3v) is 2.11. The highest BCUT2D eigenvalue weighted by Crippen LogP contribution is 2.29. The van der Waals surface area contributed by atoms with Gasteiger partial charge in [0.05, 0.1) is 0 Å². The monoisotopic (exact) mass is 280 g/mol. The van der Waals surface area contributed by atoms with E-state index in [1.807, 2.05) is 0 Å². The zero-order valence-electron chi connectivity index (χ0n) is 10.4. The fourth-order valence-electron chi connectivity index (χ4n) is 1.29. The summed E-state index contributed by atoms with van der Waals surface area (Å²) in [5, 5.41) is -0.572. The Labute approximate surface area is 116 Å². The van der Waals surface area contributed by atoms with Crippen LogP contribution in [0.25, 0.3) is 6.08 Å². The van der Waals surface area contributed by atoms with Crippen LogP contribution in [0.5, 0.6) is 11.5 Å². The number of allylic oxidation sites excluding steroid dienone is 1. The minimum atomic E-state index is -0.572. The lowest BCUT2D eigenvalue weighted by Gasteiger charge is -2.10. The van der Waals surface area contributed by atoms with E-state index in [0.29, 0.717) is 17.1 Å². The number of halogens is 1. The molecule has 0 aromatic heterocycles. The normalized spacial score (nSPS) is 10.2. The van der Waals surface area contributed by atoms with E-state index in [2.05, 4.69) is 6.58 Å². The maximum absolute atomic E-state index is 11.0. The molecule has 5 heteroatoms. The predicted molar refractivity (Wildman–Crippen MR) is 73.3 cm³/mol. The van der Waals surface area contributed by atoms with Crippen molar-refractivity contribution in [2.24, 2.45) is 0 Å². The second-order valence-corrected chi connectivity index (χ2v) is 3.91. The van der Waals surface area contributed by atoms with Crippen LogP contribution in [-0.2, 0) is 9.59 Å². The Hall–Kier alpha value is -2.07. The third kappa shape index (κ3) is 5.40. The largest absolute Gasteiger partial charge is 0.486 e. The fraction of sp³-hybridized carbons (Fsp3) is 0.143. The van der Waals surface area contributed by atoms with Crippen LogP contribution in [0.3, 0.4) is 0 Å². The Balaban J connectivity index is 3.02. The Kier molecular flexibility index (Phi) is 5.82. The zero-order valence-corrected chi connectivity index (χ0v) is 11.1. The first-order valence-corrected chi connectivity index (χ1v) is 5.84. The second-order valence-electron chi connectivity index (χ2n) is 3.54. The van der Waals surface area contributed by atoms with Crippen molar-refractivity contribution in [2.45, 2.75) is 6.92 Å². The van der Waals surface area contributed by atoms with Gasteiger partial charge in [-0.2, -0.15) is 0 Å². The SMILES string of the molecule is C=CCOc1cc(C=CC(=O)Cl)ccc1OC(C)=O. The van der Waals surface area contributed by atoms with Gasteiger partial charge in [0.2, 0.25) is 5.24 Å². The molecule has 0 aliphatic heterocycles. The summed E-state index contributed by atoms with van der Waals surface area (Å²) in [4.78, 5) is 21.6. The highest BCUT2D eigenvalue weighted by atomic mass is 35.5. The molecule has 1 aromatic rings. The first kappa shape index (κ1) is 15.0. The predicted octanol–water partition coefficient (Wildman–Crippen LogP) is 2.96. The molecule has 0 aliphatic carbocycles. The Bertz CT molecular complexity index is 520. The number of carbonyl (C=O) groups is 2. The van der Waals surface area contributed by atoms with Gasteiger partial charge in [-0.05, 0) is 35.4 Å². The molecule has 0 spiro atoms. The maximum Gasteiger partial charge on any atom is 0.308 e. The van der Waals surface area contributed by atoms with Crippen LogP contribution < -0.4 is 9.47 Å². The van der Waals surface area contributed by atoms with E-state index < -0.39 is 11.2 Å². The summed E-state index contributed by atoms with van der Waals surface area (Å²) < 4.78 is 10.4. The Morgan fingerprint density at radius 3 is 2.68 bits per heavy atom. The van der Waals surface area contributed by atoms with Crippen molar-refractivity contribution in [1.82, 2.24) is 0 Å². The van der Waals surface area contributed by atoms with E-state index in [1.54, 1.807) is 24.3 Å². The minimum Gasteiger partial charge on any atom is -0.486 e. The average Bonchev–Trinajstić information content (AvgIpc) is 2.35. The first-order chi connectivity index (χ1) is 9.02. The third-order valence-electron chi connectivity index (χ3n) is 1.98. The van der Waals surface area contributed by atoms with Gasteiger partial charge in [0, 0.05) is 6.92 Å². The van der Waals surface area contributed by atoms with Gasteiger partial charge in [-0.3, -0.25) is 9.59 Å². The summed E-state index contributed by atoms with van der Waals surface area (Å²) in [6.07, 6.45) is 4.33. The van der Waals surface area contributed by atoms with Gasteiger partial charge in [0.25, 0.3) is 0 Å². The molecule has 0 unspecified atom stereocenters. The van der Waals surface area contributed by atoms with Crippen molar-refractivity contribution in [3.8, 4) is 11.5 Å². The van der Waals surface area contributed by atoms with Crippen molar-refractivity contribution in [3.05, 3.63) is 42.5 Å². The van der Waals surface area contributed by atoms with Gasteiger partial charge < -0.3 is 9.47 Å². The van der Waals surface area contributed by atoms with Crippen molar-refractivity contribution >= 4 is 28.9 Å². The summed E-state index contributed by atoms with van der Waals surface area (Å²) >= 11 is 5.21. The van der Waals surface area contributed by atoms with E-state index in [-0.39, 0.29) is 6.61 Å². The smallest absolute Gasteiger partial charge is 0.308 e. The first-order valence-electron chi connectivity index (χ1n) is 5.46. The minimum absolute atomic E-state index is 0.274. The van der Waals surface area contributed by atoms with E-state index >= 15 is 0 Å². The molecule has 0 bridgehead atoms. The number of carbonyl (C=O) groups excluding carboxylic acids is 2. The molecule has 0 saturated heterocycles. The fourth-order valence-corrected chi connectivity index (χ4v) is 1.35. The van der Waals surface area contributed by atoms with Gasteiger partial charge in [-0.15, -0.1) is 0 Å². The molecule has 4 nitrogen and oxygen atoms in total. The lowest BCUT2D eigenvalue weighted by atomic mass is 10.2. The number of ether oxygens (including phenoxy) is 2. The molecule has 19 heavy (non-hydrogen) atoms. The van der Waals surface area contributed by atoms with Crippen LogP contribution in [-0.4, -0.2) is 17.8 Å². The number of esters is 1. The highest BCUT2D eigenvalue weighted by Gasteiger charge is 2.08. The van der Waals surface area contributed by atoms with Gasteiger partial charge in [0.15, 0.2) is 11.5 Å². The molecule has 0 atom stereocenters. The summed E-state index contributed by atoms with van der Waals surface area (Å²) in [5.41, 5.74) is 0.698. The Morgan fingerprint density at radius 1 is 1.37 bits per heavy atom. The molecule has 0 heterocycles. The van der Waals surface area contributed by atoms with E-state index in [0.717, 1.165) is 0 Å². The van der Waals surface area contributed by atoms with Crippen LogP contribution in [0.15, 0.2) is 36.9 Å². The molecular weight excluding hydrogens is 268 g/mol. The summed E-state index contributed by atoms with van der Waals surface area (Å²) in [6.45, 7) is 5.12. The number of hydrogen-bond donors (Lipinski definition) is 0. The molecule has 0 aliphatic rings. The molecule has 1 aromatic carbocycles. The summed E-state index contributed by atoms with van der Waals surface area (Å²) in [6, 6.07) is 4.89. The quantitative estimate of drug-likeness (QED) is 0.264. The molecule has 0 saturated carbocycles. The van der Waals surface area contributed by atoms with Gasteiger partial charge in [0.1, 0.15) is 6.61 Å². The molecular formula is C14H13ClO4. The van der Waals surface area contributed by atoms with Crippen molar-refractivity contribution < 1.29 is 19.1 Å². The highest BCUT2D eigenvalue weighted by molar-refractivity contribution is 6.66. The Morgan fingerprint density at radius 2 is 2.11 bits per heavy atom. The van der Waals surface area contributed by atoms with Crippen LogP contribution >= 0.6 is 11.6 Å². The van der Waals surface area contributed by atoms with Crippen molar-refractivity contribution in [1.29, 1.82) is 0 Å². The van der Waals surface area contributed by atoms with E-state index in [9.17, 15) is 9.59 Å². The topological polar surface area (TPSA) is 52.6 Å². The average molecular weight is 281 g/mol. The number of rotatable bonds is 6. The van der Waals surface area contributed by atoms with Gasteiger partial charge in [-0.25, -0.2) is 0 Å². The number of hydrogen-bond acceptors (Lipinski definition) is 4. The lowest BCUT2D eigenvalue weighted by Crippen LogP contribution is -2.04. The van der Waals surface area contributed by atoms with Gasteiger partial charge in [-0.1, -0.05) is 24.8 Å². The molecule has 100 valence electrons. The molecule has 1 rings (SSSR count).